The molecule has 1 N–H and O–H groups in total. The molecule has 2 aromatic carbocycles. The van der Waals surface area contributed by atoms with Crippen molar-refractivity contribution in [2.24, 2.45) is 0 Å². The molecule has 0 spiro atoms. The fourth-order valence-corrected chi connectivity index (χ4v) is 4.55. The van der Waals surface area contributed by atoms with Gasteiger partial charge in [0.2, 0.25) is 0 Å². The molecule has 2 aromatic rings. The molecule has 1 atom stereocenters. The van der Waals surface area contributed by atoms with Gasteiger partial charge in [-0.3, -0.25) is 9.59 Å². The first-order chi connectivity index (χ1) is 13.6. The summed E-state index contributed by atoms with van der Waals surface area (Å²) in [5.41, 5.74) is 2.87. The average molecular weight is 396 g/mol. The second kappa shape index (κ2) is 7.87. The standard InChI is InChI=1S/C22H25N3O2S/c1-24-19-13-15(21(26)23-16-7-6-8-17(14-16)28-2)10-11-18(19)22(27)25-12-5-3-4-9-20(24)25/h6-8,10-11,13-14,20H,3-5,9,12H2,1-2H3,(H,23,26). The lowest BCUT2D eigenvalue weighted by Crippen LogP contribution is -2.53. The highest BCUT2D eigenvalue weighted by Crippen LogP contribution is 2.34. The Morgan fingerprint density at radius 3 is 2.82 bits per heavy atom. The van der Waals surface area contributed by atoms with Crippen molar-refractivity contribution in [3.63, 3.8) is 0 Å². The maximum atomic E-state index is 13.0. The number of amides is 2. The first-order valence-electron chi connectivity index (χ1n) is 9.72. The fraction of sp³-hybridized carbons (Fsp3) is 0.364. The topological polar surface area (TPSA) is 52.7 Å². The van der Waals surface area contributed by atoms with Crippen LogP contribution in [-0.4, -0.2) is 42.7 Å². The van der Waals surface area contributed by atoms with E-state index in [-0.39, 0.29) is 18.0 Å². The quantitative estimate of drug-likeness (QED) is 0.780. The number of rotatable bonds is 3. The molecular weight excluding hydrogens is 370 g/mol. The molecule has 4 rings (SSSR count). The summed E-state index contributed by atoms with van der Waals surface area (Å²) in [4.78, 5) is 31.0. The highest BCUT2D eigenvalue weighted by atomic mass is 32.2. The molecule has 0 bridgehead atoms. The van der Waals surface area contributed by atoms with E-state index in [4.69, 9.17) is 0 Å². The van der Waals surface area contributed by atoms with Crippen molar-refractivity contribution in [1.29, 1.82) is 0 Å². The van der Waals surface area contributed by atoms with Gasteiger partial charge in [-0.05, 0) is 61.9 Å². The third-order valence-corrected chi connectivity index (χ3v) is 6.35. The fourth-order valence-electron chi connectivity index (χ4n) is 4.10. The molecular formula is C22H25N3O2S. The van der Waals surface area contributed by atoms with Crippen molar-refractivity contribution >= 4 is 35.0 Å². The Morgan fingerprint density at radius 1 is 1.14 bits per heavy atom. The summed E-state index contributed by atoms with van der Waals surface area (Å²) >= 11 is 1.64. The second-order valence-electron chi connectivity index (χ2n) is 7.36. The number of carbonyl (C=O) groups excluding carboxylic acids is 2. The van der Waals surface area contributed by atoms with Crippen LogP contribution in [0.4, 0.5) is 11.4 Å². The van der Waals surface area contributed by atoms with Gasteiger partial charge in [0.1, 0.15) is 6.17 Å². The molecule has 1 unspecified atom stereocenters. The first-order valence-corrected chi connectivity index (χ1v) is 10.9. The van der Waals surface area contributed by atoms with E-state index in [0.717, 1.165) is 48.5 Å². The average Bonchev–Trinajstić information content (AvgIpc) is 2.98. The summed E-state index contributed by atoms with van der Waals surface area (Å²) < 4.78 is 0. The number of hydrogen-bond donors (Lipinski definition) is 1. The molecule has 0 aromatic heterocycles. The van der Waals surface area contributed by atoms with E-state index in [9.17, 15) is 9.59 Å². The summed E-state index contributed by atoms with van der Waals surface area (Å²) in [5.74, 6) is -0.0789. The van der Waals surface area contributed by atoms with Crippen molar-refractivity contribution in [2.45, 2.75) is 36.7 Å². The van der Waals surface area contributed by atoms with Crippen LogP contribution < -0.4 is 10.2 Å². The molecule has 2 heterocycles. The van der Waals surface area contributed by atoms with Gasteiger partial charge in [-0.1, -0.05) is 12.5 Å². The Kier molecular flexibility index (Phi) is 5.31. The van der Waals surface area contributed by atoms with Crippen LogP contribution in [0.5, 0.6) is 0 Å². The molecule has 2 aliphatic rings. The van der Waals surface area contributed by atoms with Crippen LogP contribution in [0.25, 0.3) is 0 Å². The number of fused-ring (bicyclic) bond motifs is 2. The van der Waals surface area contributed by atoms with Gasteiger partial charge in [0.25, 0.3) is 11.8 Å². The van der Waals surface area contributed by atoms with E-state index < -0.39 is 0 Å². The molecule has 6 heteroatoms. The number of nitrogens with zero attached hydrogens (tertiary/aromatic N) is 2. The molecule has 28 heavy (non-hydrogen) atoms. The van der Waals surface area contributed by atoms with Crippen molar-refractivity contribution < 1.29 is 9.59 Å². The zero-order valence-corrected chi connectivity index (χ0v) is 17.1. The second-order valence-corrected chi connectivity index (χ2v) is 8.24. The maximum Gasteiger partial charge on any atom is 0.257 e. The van der Waals surface area contributed by atoms with Crippen molar-refractivity contribution in [1.82, 2.24) is 4.90 Å². The Labute approximate surface area is 170 Å². The molecule has 1 fully saturated rings. The van der Waals surface area contributed by atoms with Gasteiger partial charge in [0, 0.05) is 29.7 Å². The Hall–Kier alpha value is -2.47. The lowest BCUT2D eigenvalue weighted by atomic mass is 10.0. The van der Waals surface area contributed by atoms with E-state index in [2.05, 4.69) is 10.2 Å². The summed E-state index contributed by atoms with van der Waals surface area (Å²) in [6.45, 7) is 0.807. The van der Waals surface area contributed by atoms with Crippen LogP contribution in [0.1, 0.15) is 46.4 Å². The number of nitrogens with one attached hydrogen (secondary N) is 1. The van der Waals surface area contributed by atoms with Crippen molar-refractivity contribution in [3.05, 3.63) is 53.6 Å². The van der Waals surface area contributed by atoms with E-state index in [1.54, 1.807) is 23.9 Å². The van der Waals surface area contributed by atoms with E-state index in [0.29, 0.717) is 11.1 Å². The monoisotopic (exact) mass is 395 g/mol. The third-order valence-electron chi connectivity index (χ3n) is 5.63. The van der Waals surface area contributed by atoms with Gasteiger partial charge in [-0.15, -0.1) is 11.8 Å². The van der Waals surface area contributed by atoms with Crippen LogP contribution in [0, 0.1) is 0 Å². The number of anilines is 2. The van der Waals surface area contributed by atoms with Crippen LogP contribution in [-0.2, 0) is 0 Å². The van der Waals surface area contributed by atoms with E-state index in [1.165, 1.54) is 0 Å². The lowest BCUT2D eigenvalue weighted by molar-refractivity contribution is 0.0661. The van der Waals surface area contributed by atoms with E-state index >= 15 is 0 Å². The number of hydrogen-bond acceptors (Lipinski definition) is 4. The van der Waals surface area contributed by atoms with Gasteiger partial charge in [-0.25, -0.2) is 0 Å². The van der Waals surface area contributed by atoms with Crippen LogP contribution in [0.15, 0.2) is 47.4 Å². The van der Waals surface area contributed by atoms with E-state index in [1.807, 2.05) is 48.5 Å². The van der Waals surface area contributed by atoms with Gasteiger partial charge in [0.15, 0.2) is 0 Å². The SMILES string of the molecule is CSc1cccc(NC(=O)c2ccc3c(c2)N(C)C2CCCCCN2C3=O)c1. The van der Waals surface area contributed by atoms with Crippen molar-refractivity contribution in [3.8, 4) is 0 Å². The van der Waals surface area contributed by atoms with Crippen molar-refractivity contribution in [2.75, 3.05) is 30.1 Å². The largest absolute Gasteiger partial charge is 0.354 e. The summed E-state index contributed by atoms with van der Waals surface area (Å²) in [5, 5.41) is 2.97. The molecule has 2 amide bonds. The Morgan fingerprint density at radius 2 is 2.00 bits per heavy atom. The third kappa shape index (κ3) is 3.49. The number of carbonyl (C=O) groups is 2. The highest BCUT2D eigenvalue weighted by molar-refractivity contribution is 7.98. The van der Waals surface area contributed by atoms with Crippen LogP contribution in [0.3, 0.4) is 0 Å². The first kappa shape index (κ1) is 18.9. The van der Waals surface area contributed by atoms with Crippen LogP contribution >= 0.6 is 11.8 Å². The van der Waals surface area contributed by atoms with Crippen LogP contribution in [0.2, 0.25) is 0 Å². The number of thioether (sulfide) groups is 1. The minimum absolute atomic E-state index is 0.0825. The predicted octanol–water partition coefficient (Wildman–Crippen LogP) is 4.45. The summed E-state index contributed by atoms with van der Waals surface area (Å²) in [7, 11) is 2.03. The molecule has 0 saturated carbocycles. The predicted molar refractivity (Wildman–Crippen MR) is 114 cm³/mol. The molecule has 0 aliphatic carbocycles. The zero-order chi connectivity index (χ0) is 19.7. The minimum atomic E-state index is -0.162. The summed E-state index contributed by atoms with van der Waals surface area (Å²) in [6.07, 6.45) is 6.40. The lowest BCUT2D eigenvalue weighted by Gasteiger charge is -2.43. The Balaban J connectivity index is 1.61. The van der Waals surface area contributed by atoms with Gasteiger partial charge in [0.05, 0.1) is 11.3 Å². The molecule has 5 nitrogen and oxygen atoms in total. The minimum Gasteiger partial charge on any atom is -0.354 e. The molecule has 146 valence electrons. The normalized spacial score (nSPS) is 18.9. The molecule has 2 aliphatic heterocycles. The summed E-state index contributed by atoms with van der Waals surface area (Å²) in [6, 6.07) is 13.2. The van der Waals surface area contributed by atoms with Gasteiger partial charge >= 0.3 is 0 Å². The maximum absolute atomic E-state index is 13.0. The molecule has 1 saturated heterocycles. The zero-order valence-electron chi connectivity index (χ0n) is 16.3. The number of benzene rings is 2. The highest BCUT2D eigenvalue weighted by Gasteiger charge is 2.36. The molecule has 0 radical (unpaired) electrons. The smallest absolute Gasteiger partial charge is 0.257 e. The van der Waals surface area contributed by atoms with Gasteiger partial charge < -0.3 is 15.1 Å². The Bertz CT molecular complexity index is 914. The van der Waals surface area contributed by atoms with Gasteiger partial charge in [-0.2, -0.15) is 0 Å².